The highest BCUT2D eigenvalue weighted by Crippen LogP contribution is 2.20. The van der Waals surface area contributed by atoms with Gasteiger partial charge < -0.3 is 15.4 Å². The molecule has 0 atom stereocenters. The van der Waals surface area contributed by atoms with Crippen molar-refractivity contribution in [3.8, 4) is 5.75 Å². The van der Waals surface area contributed by atoms with E-state index < -0.39 is 0 Å². The first kappa shape index (κ1) is 17.8. The van der Waals surface area contributed by atoms with E-state index in [-0.39, 0.29) is 18.3 Å². The Bertz CT molecular complexity index is 434. The fourth-order valence-electron chi connectivity index (χ4n) is 2.44. The summed E-state index contributed by atoms with van der Waals surface area (Å²) in [5.41, 5.74) is 0.817. The molecule has 118 valence electrons. The highest BCUT2D eigenvalue weighted by Gasteiger charge is 2.16. The van der Waals surface area contributed by atoms with Crippen LogP contribution in [0, 0.1) is 5.92 Å². The van der Waals surface area contributed by atoms with Crippen LogP contribution in [0.2, 0.25) is 0 Å². The van der Waals surface area contributed by atoms with Gasteiger partial charge in [-0.25, -0.2) is 0 Å². The minimum atomic E-state index is 0. The molecule has 0 unspecified atom stereocenters. The first-order valence-electron chi connectivity index (χ1n) is 7.51. The average molecular weight is 313 g/mol. The molecule has 0 radical (unpaired) electrons. The second kappa shape index (κ2) is 9.64. The number of rotatable bonds is 6. The molecule has 21 heavy (non-hydrogen) atoms. The predicted octanol–water partition coefficient (Wildman–Crippen LogP) is 3.23. The topological polar surface area (TPSA) is 50.4 Å². The minimum absolute atomic E-state index is 0. The molecular formula is C16H25ClN2O2. The number of halogens is 1. The van der Waals surface area contributed by atoms with Crippen LogP contribution in [0.3, 0.4) is 0 Å². The number of ether oxygens (including phenoxy) is 1. The first-order valence-corrected chi connectivity index (χ1v) is 7.51. The fraction of sp³-hybridized carbons (Fsp3) is 0.562. The third kappa shape index (κ3) is 6.36. The van der Waals surface area contributed by atoms with Crippen LogP contribution < -0.4 is 15.4 Å². The van der Waals surface area contributed by atoms with Crippen LogP contribution in [0.15, 0.2) is 24.3 Å². The molecule has 0 aromatic heterocycles. The standard InChI is InChI=1S/C16H24N2O2.ClH/c1-2-10-20-15-5-3-4-14(12-15)18-16(19)11-13-6-8-17-9-7-13;/h3-5,12-13,17H,2,6-11H2,1H3,(H,18,19);1H. The van der Waals surface area contributed by atoms with Crippen molar-refractivity contribution in [2.45, 2.75) is 32.6 Å². The maximum absolute atomic E-state index is 12.0. The summed E-state index contributed by atoms with van der Waals surface area (Å²) in [6.07, 6.45) is 3.77. The Morgan fingerprint density at radius 3 is 2.86 bits per heavy atom. The van der Waals surface area contributed by atoms with Gasteiger partial charge in [-0.1, -0.05) is 13.0 Å². The van der Waals surface area contributed by atoms with E-state index in [0.717, 1.165) is 43.8 Å². The van der Waals surface area contributed by atoms with Gasteiger partial charge in [-0.15, -0.1) is 12.4 Å². The summed E-state index contributed by atoms with van der Waals surface area (Å²) in [7, 11) is 0. The molecule has 1 amide bonds. The lowest BCUT2D eigenvalue weighted by Crippen LogP contribution is -2.30. The number of benzene rings is 1. The van der Waals surface area contributed by atoms with E-state index >= 15 is 0 Å². The number of hydrogen-bond acceptors (Lipinski definition) is 3. The van der Waals surface area contributed by atoms with E-state index in [9.17, 15) is 4.79 Å². The lowest BCUT2D eigenvalue weighted by atomic mass is 9.94. The summed E-state index contributed by atoms with van der Waals surface area (Å²) in [5.74, 6) is 1.42. The Labute approximate surface area is 133 Å². The van der Waals surface area contributed by atoms with Crippen LogP contribution >= 0.6 is 12.4 Å². The SMILES string of the molecule is CCCOc1cccc(NC(=O)CC2CCNCC2)c1.Cl. The van der Waals surface area contributed by atoms with E-state index in [1.54, 1.807) is 0 Å². The van der Waals surface area contributed by atoms with Crippen LogP contribution in [0.5, 0.6) is 5.75 Å². The van der Waals surface area contributed by atoms with Gasteiger partial charge in [-0.2, -0.15) is 0 Å². The first-order chi connectivity index (χ1) is 9.78. The number of carbonyl (C=O) groups excluding carboxylic acids is 1. The zero-order valence-electron chi connectivity index (χ0n) is 12.6. The van der Waals surface area contributed by atoms with Crippen molar-refractivity contribution in [1.29, 1.82) is 0 Å². The molecule has 1 aromatic rings. The van der Waals surface area contributed by atoms with Crippen molar-refractivity contribution in [1.82, 2.24) is 5.32 Å². The van der Waals surface area contributed by atoms with Gasteiger partial charge in [-0.3, -0.25) is 4.79 Å². The summed E-state index contributed by atoms with van der Waals surface area (Å²) < 4.78 is 5.57. The van der Waals surface area contributed by atoms with E-state index in [1.165, 1.54) is 0 Å². The molecule has 0 saturated carbocycles. The largest absolute Gasteiger partial charge is 0.494 e. The molecule has 2 N–H and O–H groups in total. The van der Waals surface area contributed by atoms with E-state index in [0.29, 0.717) is 18.9 Å². The molecule has 0 spiro atoms. The summed E-state index contributed by atoms with van der Waals surface area (Å²) in [4.78, 5) is 12.0. The monoisotopic (exact) mass is 312 g/mol. The molecule has 5 heteroatoms. The fourth-order valence-corrected chi connectivity index (χ4v) is 2.44. The Kier molecular flexibility index (Phi) is 8.16. The number of piperidine rings is 1. The van der Waals surface area contributed by atoms with Crippen molar-refractivity contribution in [3.63, 3.8) is 0 Å². The second-order valence-corrected chi connectivity index (χ2v) is 5.32. The van der Waals surface area contributed by atoms with Gasteiger partial charge >= 0.3 is 0 Å². The van der Waals surface area contributed by atoms with Crippen molar-refractivity contribution in [2.75, 3.05) is 25.0 Å². The third-order valence-electron chi connectivity index (χ3n) is 3.52. The van der Waals surface area contributed by atoms with E-state index in [1.807, 2.05) is 24.3 Å². The highest BCUT2D eigenvalue weighted by atomic mass is 35.5. The minimum Gasteiger partial charge on any atom is -0.494 e. The highest BCUT2D eigenvalue weighted by molar-refractivity contribution is 5.91. The molecule has 1 aliphatic heterocycles. The van der Waals surface area contributed by atoms with Crippen molar-refractivity contribution in [3.05, 3.63) is 24.3 Å². The lowest BCUT2D eigenvalue weighted by molar-refractivity contribution is -0.117. The van der Waals surface area contributed by atoms with Gasteiger partial charge in [0.25, 0.3) is 0 Å². The summed E-state index contributed by atoms with van der Waals surface area (Å²) in [6, 6.07) is 7.61. The Hall–Kier alpha value is -1.26. The van der Waals surface area contributed by atoms with Crippen molar-refractivity contribution in [2.24, 2.45) is 5.92 Å². The zero-order chi connectivity index (χ0) is 14.2. The molecule has 1 fully saturated rings. The zero-order valence-corrected chi connectivity index (χ0v) is 13.4. The molecule has 1 heterocycles. The van der Waals surface area contributed by atoms with Crippen LogP contribution in [-0.2, 0) is 4.79 Å². The van der Waals surface area contributed by atoms with Gasteiger partial charge in [0.15, 0.2) is 0 Å². The smallest absolute Gasteiger partial charge is 0.224 e. The van der Waals surface area contributed by atoms with Gasteiger partial charge in [0.1, 0.15) is 5.75 Å². The molecule has 1 aromatic carbocycles. The maximum Gasteiger partial charge on any atom is 0.224 e. The maximum atomic E-state index is 12.0. The predicted molar refractivity (Wildman–Crippen MR) is 88.3 cm³/mol. The van der Waals surface area contributed by atoms with Gasteiger partial charge in [0, 0.05) is 18.2 Å². The van der Waals surface area contributed by atoms with Crippen LogP contribution in [0.25, 0.3) is 0 Å². The molecule has 2 rings (SSSR count). The number of hydrogen-bond donors (Lipinski definition) is 2. The van der Waals surface area contributed by atoms with Gasteiger partial charge in [0.2, 0.25) is 5.91 Å². The second-order valence-electron chi connectivity index (χ2n) is 5.32. The Balaban J connectivity index is 0.00000220. The van der Waals surface area contributed by atoms with E-state index in [4.69, 9.17) is 4.74 Å². The third-order valence-corrected chi connectivity index (χ3v) is 3.52. The number of amides is 1. The van der Waals surface area contributed by atoms with Crippen LogP contribution in [0.4, 0.5) is 5.69 Å². The van der Waals surface area contributed by atoms with Gasteiger partial charge in [0.05, 0.1) is 6.61 Å². The molecule has 1 aliphatic rings. The van der Waals surface area contributed by atoms with Crippen LogP contribution in [0.1, 0.15) is 32.6 Å². The normalized spacial score (nSPS) is 15.1. The quantitative estimate of drug-likeness (QED) is 0.848. The number of anilines is 1. The average Bonchev–Trinajstić information content (AvgIpc) is 2.46. The number of nitrogens with one attached hydrogen (secondary N) is 2. The Morgan fingerprint density at radius 1 is 1.38 bits per heavy atom. The molecule has 1 saturated heterocycles. The Morgan fingerprint density at radius 2 is 2.14 bits per heavy atom. The van der Waals surface area contributed by atoms with Crippen molar-refractivity contribution >= 4 is 24.0 Å². The summed E-state index contributed by atoms with van der Waals surface area (Å²) in [5, 5.41) is 6.28. The van der Waals surface area contributed by atoms with Gasteiger partial charge in [-0.05, 0) is 50.4 Å². The lowest BCUT2D eigenvalue weighted by Gasteiger charge is -2.21. The summed E-state index contributed by atoms with van der Waals surface area (Å²) >= 11 is 0. The molecule has 0 aliphatic carbocycles. The summed E-state index contributed by atoms with van der Waals surface area (Å²) in [6.45, 7) is 4.83. The van der Waals surface area contributed by atoms with Crippen molar-refractivity contribution < 1.29 is 9.53 Å². The van der Waals surface area contributed by atoms with E-state index in [2.05, 4.69) is 17.6 Å². The molecule has 0 bridgehead atoms. The molecular weight excluding hydrogens is 288 g/mol. The molecule has 4 nitrogen and oxygen atoms in total. The van der Waals surface area contributed by atoms with Crippen LogP contribution in [-0.4, -0.2) is 25.6 Å². The number of carbonyl (C=O) groups is 1.